The zero-order chi connectivity index (χ0) is 17.7. The zero-order valence-electron chi connectivity index (χ0n) is 14.3. The first-order valence-corrected chi connectivity index (χ1v) is 8.35. The first kappa shape index (κ1) is 18.5. The second-order valence-corrected chi connectivity index (χ2v) is 6.71. The van der Waals surface area contributed by atoms with Crippen LogP contribution in [0.25, 0.3) is 0 Å². The molecule has 0 saturated heterocycles. The van der Waals surface area contributed by atoms with E-state index in [9.17, 15) is 9.59 Å². The number of rotatable bonds is 8. The van der Waals surface area contributed by atoms with Gasteiger partial charge in [-0.25, -0.2) is 0 Å². The monoisotopic (exact) mass is 353 g/mol. The van der Waals surface area contributed by atoms with Crippen molar-refractivity contribution in [3.63, 3.8) is 0 Å². The number of nitrogens with zero attached hydrogens (tertiary/aromatic N) is 1. The molecule has 0 aliphatic heterocycles. The number of amides is 2. The molecule has 0 radical (unpaired) electrons. The minimum Gasteiger partial charge on any atom is -0.495 e. The summed E-state index contributed by atoms with van der Waals surface area (Å²) in [5, 5.41) is 6.05. The lowest BCUT2D eigenvalue weighted by atomic mass is 10.0. The molecule has 1 aliphatic rings. The number of nitrogens with one attached hydrogen (secondary N) is 2. The Labute approximate surface area is 147 Å². The largest absolute Gasteiger partial charge is 0.495 e. The van der Waals surface area contributed by atoms with Crippen molar-refractivity contribution in [2.45, 2.75) is 19.3 Å². The molecule has 0 aromatic heterocycles. The van der Waals surface area contributed by atoms with Crippen LogP contribution in [0.3, 0.4) is 0 Å². The van der Waals surface area contributed by atoms with E-state index >= 15 is 0 Å². The summed E-state index contributed by atoms with van der Waals surface area (Å²) < 4.78 is 5.08. The summed E-state index contributed by atoms with van der Waals surface area (Å²) in [7, 11) is 5.49. The van der Waals surface area contributed by atoms with Crippen LogP contribution in [0.15, 0.2) is 18.2 Å². The van der Waals surface area contributed by atoms with Crippen molar-refractivity contribution >= 4 is 29.1 Å². The van der Waals surface area contributed by atoms with E-state index in [2.05, 4.69) is 15.5 Å². The second kappa shape index (κ2) is 7.85. The molecule has 0 heterocycles. The number of anilines is 1. The number of hydrogen-bond acceptors (Lipinski definition) is 4. The van der Waals surface area contributed by atoms with Crippen LogP contribution in [0.2, 0.25) is 5.02 Å². The normalized spacial score (nSPS) is 15.0. The highest BCUT2D eigenvalue weighted by atomic mass is 35.5. The molecule has 1 aromatic rings. The van der Waals surface area contributed by atoms with Gasteiger partial charge in [0.2, 0.25) is 11.8 Å². The van der Waals surface area contributed by atoms with E-state index in [1.54, 1.807) is 18.2 Å². The van der Waals surface area contributed by atoms with E-state index in [0.29, 0.717) is 35.8 Å². The Balaban J connectivity index is 1.91. The van der Waals surface area contributed by atoms with Crippen molar-refractivity contribution in [1.29, 1.82) is 0 Å². The maximum absolute atomic E-state index is 12.5. The lowest BCUT2D eigenvalue weighted by Crippen LogP contribution is -2.40. The van der Waals surface area contributed by atoms with Gasteiger partial charge in [0.15, 0.2) is 0 Å². The van der Waals surface area contributed by atoms with Crippen molar-refractivity contribution in [3.05, 3.63) is 23.2 Å². The van der Waals surface area contributed by atoms with Gasteiger partial charge in [0.25, 0.3) is 0 Å². The summed E-state index contributed by atoms with van der Waals surface area (Å²) >= 11 is 6.06. The minimum atomic E-state index is -0.940. The van der Waals surface area contributed by atoms with Crippen molar-refractivity contribution in [2.24, 2.45) is 5.41 Å². The van der Waals surface area contributed by atoms with E-state index < -0.39 is 5.41 Å². The molecule has 1 aliphatic carbocycles. The molecule has 0 bridgehead atoms. The molecule has 1 aromatic carbocycles. The van der Waals surface area contributed by atoms with Crippen molar-refractivity contribution in [2.75, 3.05) is 39.6 Å². The summed E-state index contributed by atoms with van der Waals surface area (Å²) in [6.45, 7) is 1.46. The molecular formula is C17H24ClN3O3. The summed E-state index contributed by atoms with van der Waals surface area (Å²) in [6.07, 6.45) is 2.00. The zero-order valence-corrected chi connectivity index (χ0v) is 15.1. The fourth-order valence-corrected chi connectivity index (χ4v) is 2.70. The van der Waals surface area contributed by atoms with Crippen LogP contribution in [0, 0.1) is 5.41 Å². The van der Waals surface area contributed by atoms with Gasteiger partial charge >= 0.3 is 0 Å². The van der Waals surface area contributed by atoms with Crippen molar-refractivity contribution < 1.29 is 14.3 Å². The van der Waals surface area contributed by atoms with Crippen molar-refractivity contribution in [1.82, 2.24) is 10.2 Å². The summed E-state index contributed by atoms with van der Waals surface area (Å²) in [6, 6.07) is 5.00. The number of benzene rings is 1. The molecule has 0 atom stereocenters. The van der Waals surface area contributed by atoms with E-state index in [0.717, 1.165) is 13.0 Å². The number of halogens is 1. The van der Waals surface area contributed by atoms with Gasteiger partial charge in [-0.1, -0.05) is 11.6 Å². The Morgan fingerprint density at radius 1 is 1.29 bits per heavy atom. The summed E-state index contributed by atoms with van der Waals surface area (Å²) in [5.41, 5.74) is -0.387. The maximum Gasteiger partial charge on any atom is 0.240 e. The van der Waals surface area contributed by atoms with E-state index in [1.165, 1.54) is 7.11 Å². The molecule has 7 heteroatoms. The van der Waals surface area contributed by atoms with Crippen LogP contribution in [-0.2, 0) is 9.59 Å². The molecule has 1 saturated carbocycles. The van der Waals surface area contributed by atoms with Crippen LogP contribution in [-0.4, -0.2) is 51.0 Å². The Morgan fingerprint density at radius 3 is 2.54 bits per heavy atom. The fourth-order valence-electron chi connectivity index (χ4n) is 2.44. The third kappa shape index (κ3) is 4.39. The average Bonchev–Trinajstić information content (AvgIpc) is 3.33. The van der Waals surface area contributed by atoms with Crippen LogP contribution in [0.1, 0.15) is 19.3 Å². The molecule has 6 nitrogen and oxygen atoms in total. The van der Waals surface area contributed by atoms with Gasteiger partial charge in [0.1, 0.15) is 11.2 Å². The van der Waals surface area contributed by atoms with E-state index in [4.69, 9.17) is 16.3 Å². The molecule has 2 rings (SSSR count). The highest BCUT2D eigenvalue weighted by molar-refractivity contribution is 6.32. The average molecular weight is 354 g/mol. The summed E-state index contributed by atoms with van der Waals surface area (Å²) in [4.78, 5) is 26.9. The van der Waals surface area contributed by atoms with Crippen LogP contribution >= 0.6 is 11.6 Å². The Morgan fingerprint density at radius 2 is 2.00 bits per heavy atom. The molecule has 0 unspecified atom stereocenters. The fraction of sp³-hybridized carbons (Fsp3) is 0.529. The number of carbonyl (C=O) groups excluding carboxylic acids is 2. The third-order valence-corrected chi connectivity index (χ3v) is 4.39. The number of carbonyl (C=O) groups is 2. The first-order chi connectivity index (χ1) is 11.4. The highest BCUT2D eigenvalue weighted by Crippen LogP contribution is 2.47. The van der Waals surface area contributed by atoms with Gasteiger partial charge < -0.3 is 20.3 Å². The predicted octanol–water partition coefficient (Wildman–Crippen LogP) is 2.14. The molecular weight excluding hydrogens is 330 g/mol. The van der Waals surface area contributed by atoms with Crippen LogP contribution < -0.4 is 15.4 Å². The molecule has 2 N–H and O–H groups in total. The minimum absolute atomic E-state index is 0.196. The number of methoxy groups -OCH3 is 1. The Kier molecular flexibility index (Phi) is 6.07. The second-order valence-electron chi connectivity index (χ2n) is 6.30. The number of ether oxygens (including phenoxy) is 1. The smallest absolute Gasteiger partial charge is 0.240 e. The quantitative estimate of drug-likeness (QED) is 0.555. The van der Waals surface area contributed by atoms with Gasteiger partial charge in [-0.05, 0) is 58.1 Å². The van der Waals surface area contributed by atoms with Gasteiger partial charge in [-0.15, -0.1) is 0 Å². The summed E-state index contributed by atoms with van der Waals surface area (Å²) in [5.74, 6) is 0.0571. The topological polar surface area (TPSA) is 70.7 Å². The van der Waals surface area contributed by atoms with Crippen molar-refractivity contribution in [3.8, 4) is 5.75 Å². The predicted molar refractivity (Wildman–Crippen MR) is 94.5 cm³/mol. The van der Waals surface area contributed by atoms with Gasteiger partial charge in [0, 0.05) is 12.2 Å². The molecule has 24 heavy (non-hydrogen) atoms. The lowest BCUT2D eigenvalue weighted by Gasteiger charge is -2.16. The molecule has 2 amide bonds. The van der Waals surface area contributed by atoms with Crippen LogP contribution in [0.5, 0.6) is 5.75 Å². The molecule has 0 spiro atoms. The Hall–Kier alpha value is -1.79. The lowest BCUT2D eigenvalue weighted by molar-refractivity contribution is -0.134. The van der Waals surface area contributed by atoms with E-state index in [1.807, 2.05) is 14.1 Å². The van der Waals surface area contributed by atoms with Gasteiger partial charge in [-0.2, -0.15) is 0 Å². The third-order valence-electron chi connectivity index (χ3n) is 4.10. The van der Waals surface area contributed by atoms with Gasteiger partial charge in [0.05, 0.1) is 12.1 Å². The van der Waals surface area contributed by atoms with Crippen LogP contribution in [0.4, 0.5) is 5.69 Å². The first-order valence-electron chi connectivity index (χ1n) is 7.97. The number of hydrogen-bond donors (Lipinski definition) is 2. The maximum atomic E-state index is 12.5. The standard InChI is InChI=1S/C17H24ClN3O3/c1-21(2)10-4-9-19-15(22)17(7-8-17)16(23)20-12-5-6-14(24-3)13(18)11-12/h5-6,11H,4,7-10H2,1-3H3,(H,19,22)(H,20,23). The van der Waals surface area contributed by atoms with Gasteiger partial charge in [-0.3, -0.25) is 9.59 Å². The highest BCUT2D eigenvalue weighted by Gasteiger charge is 2.56. The molecule has 1 fully saturated rings. The molecule has 132 valence electrons. The van der Waals surface area contributed by atoms with E-state index in [-0.39, 0.29) is 11.8 Å². The SMILES string of the molecule is COc1ccc(NC(=O)C2(C(=O)NCCCN(C)C)CC2)cc1Cl. The Bertz CT molecular complexity index is 615.